The van der Waals surface area contributed by atoms with Gasteiger partial charge in [-0.3, -0.25) is 14.2 Å². The van der Waals surface area contributed by atoms with Gasteiger partial charge in [-0.15, -0.1) is 0 Å². The first-order valence-corrected chi connectivity index (χ1v) is 7.02. The average molecular weight is 274 g/mol. The fourth-order valence-electron chi connectivity index (χ4n) is 1.39. The second-order valence-corrected chi connectivity index (χ2v) is 6.50. The Morgan fingerprint density at radius 1 is 1.28 bits per heavy atom. The monoisotopic (exact) mass is 274 g/mol. The summed E-state index contributed by atoms with van der Waals surface area (Å²) >= 11 is 0. The van der Waals surface area contributed by atoms with Gasteiger partial charge in [-0.25, -0.2) is 13.2 Å². The topological polar surface area (TPSA) is 95.2 Å². The van der Waals surface area contributed by atoms with Crippen LogP contribution in [0.4, 0.5) is 0 Å². The van der Waals surface area contributed by atoms with Gasteiger partial charge in [-0.2, -0.15) is 0 Å². The second-order valence-electron chi connectivity index (χ2n) is 4.14. The van der Waals surface area contributed by atoms with Crippen molar-refractivity contribution in [2.45, 2.75) is 12.2 Å². The van der Waals surface area contributed by atoms with E-state index >= 15 is 0 Å². The van der Waals surface area contributed by atoms with E-state index in [9.17, 15) is 22.8 Å². The predicted octanol–water partition coefficient (Wildman–Crippen LogP) is -1.30. The maximum atomic E-state index is 11.9. The van der Waals surface area contributed by atoms with Gasteiger partial charge in [0.15, 0.2) is 15.6 Å². The molecule has 0 fully saturated rings. The number of rotatable bonds is 3. The van der Waals surface area contributed by atoms with Crippen LogP contribution in [0, 0.1) is 0 Å². The SMILES string of the molecule is CC(C(=O)c1cn(C)c(=O)n(C)c1=O)S(C)(=O)=O. The van der Waals surface area contributed by atoms with Gasteiger partial charge in [0, 0.05) is 26.5 Å². The molecule has 0 saturated carbocycles. The first-order valence-electron chi connectivity index (χ1n) is 5.07. The summed E-state index contributed by atoms with van der Waals surface area (Å²) < 4.78 is 24.4. The van der Waals surface area contributed by atoms with E-state index in [2.05, 4.69) is 0 Å². The Bertz CT molecular complexity index is 711. The molecule has 7 nitrogen and oxygen atoms in total. The van der Waals surface area contributed by atoms with Gasteiger partial charge in [0.2, 0.25) is 0 Å². The van der Waals surface area contributed by atoms with E-state index in [4.69, 9.17) is 0 Å². The molecule has 0 aliphatic carbocycles. The van der Waals surface area contributed by atoms with E-state index in [1.165, 1.54) is 21.0 Å². The third-order valence-electron chi connectivity index (χ3n) is 2.72. The van der Waals surface area contributed by atoms with Crippen LogP contribution in [0.3, 0.4) is 0 Å². The summed E-state index contributed by atoms with van der Waals surface area (Å²) in [5.74, 6) is -0.811. The maximum Gasteiger partial charge on any atom is 0.330 e. The molecule has 0 bridgehead atoms. The van der Waals surface area contributed by atoms with Gasteiger partial charge in [-0.05, 0) is 6.92 Å². The van der Waals surface area contributed by atoms with Gasteiger partial charge in [-0.1, -0.05) is 0 Å². The lowest BCUT2D eigenvalue weighted by molar-refractivity contribution is 0.0988. The summed E-state index contributed by atoms with van der Waals surface area (Å²) in [5, 5.41) is -1.32. The van der Waals surface area contributed by atoms with Crippen molar-refractivity contribution >= 4 is 15.6 Å². The number of sulfone groups is 1. The van der Waals surface area contributed by atoms with Crippen molar-refractivity contribution in [1.29, 1.82) is 0 Å². The molecule has 0 aliphatic rings. The zero-order valence-electron chi connectivity index (χ0n) is 10.5. The number of ketones is 1. The van der Waals surface area contributed by atoms with Crippen molar-refractivity contribution in [2.75, 3.05) is 6.26 Å². The van der Waals surface area contributed by atoms with E-state index in [1.807, 2.05) is 0 Å². The molecule has 18 heavy (non-hydrogen) atoms. The molecule has 0 aliphatic heterocycles. The fourth-order valence-corrected chi connectivity index (χ4v) is 1.91. The molecule has 1 aromatic rings. The number of aromatic nitrogens is 2. The minimum atomic E-state index is -3.59. The van der Waals surface area contributed by atoms with Crippen LogP contribution in [0.5, 0.6) is 0 Å². The summed E-state index contributed by atoms with van der Waals surface area (Å²) in [4.78, 5) is 35.1. The maximum absolute atomic E-state index is 11.9. The smallest absolute Gasteiger partial charge is 0.303 e. The van der Waals surface area contributed by atoms with Crippen LogP contribution in [0.25, 0.3) is 0 Å². The molecule has 8 heteroatoms. The Labute approximate surface area is 104 Å². The number of hydrogen-bond donors (Lipinski definition) is 0. The molecule has 0 spiro atoms. The van der Waals surface area contributed by atoms with Gasteiger partial charge >= 0.3 is 5.69 Å². The van der Waals surface area contributed by atoms with Crippen LogP contribution in [-0.4, -0.2) is 34.8 Å². The third-order valence-corrected chi connectivity index (χ3v) is 4.22. The van der Waals surface area contributed by atoms with Crippen molar-refractivity contribution in [2.24, 2.45) is 14.1 Å². The molecule has 1 heterocycles. The molecule has 1 rings (SSSR count). The Hall–Kier alpha value is -1.70. The zero-order chi connectivity index (χ0) is 14.2. The highest BCUT2D eigenvalue weighted by atomic mass is 32.2. The van der Waals surface area contributed by atoms with Crippen molar-refractivity contribution in [3.05, 3.63) is 32.6 Å². The number of hydrogen-bond acceptors (Lipinski definition) is 5. The zero-order valence-corrected chi connectivity index (χ0v) is 11.3. The molecule has 0 radical (unpaired) electrons. The molecule has 0 amide bonds. The summed E-state index contributed by atoms with van der Waals surface area (Å²) in [7, 11) is -0.980. The highest BCUT2D eigenvalue weighted by Crippen LogP contribution is 2.05. The minimum absolute atomic E-state index is 0.308. The summed E-state index contributed by atoms with van der Waals surface area (Å²) in [6, 6.07) is 0. The number of aryl methyl sites for hydroxylation is 1. The van der Waals surface area contributed by atoms with E-state index in [0.717, 1.165) is 21.6 Å². The lowest BCUT2D eigenvalue weighted by Gasteiger charge is -2.10. The Balaban J connectivity index is 3.51. The van der Waals surface area contributed by atoms with Crippen molar-refractivity contribution < 1.29 is 13.2 Å². The lowest BCUT2D eigenvalue weighted by Crippen LogP contribution is -2.41. The van der Waals surface area contributed by atoms with Crippen LogP contribution >= 0.6 is 0 Å². The Morgan fingerprint density at radius 2 is 1.78 bits per heavy atom. The molecule has 0 saturated heterocycles. The lowest BCUT2D eigenvalue weighted by atomic mass is 10.2. The molecule has 1 atom stereocenters. The second kappa shape index (κ2) is 4.52. The molecular weight excluding hydrogens is 260 g/mol. The largest absolute Gasteiger partial charge is 0.330 e. The number of carbonyl (C=O) groups is 1. The summed E-state index contributed by atoms with van der Waals surface area (Å²) in [5.41, 5.74) is -1.68. The molecular formula is C10H14N2O5S. The first kappa shape index (κ1) is 14.4. The highest BCUT2D eigenvalue weighted by molar-refractivity contribution is 7.92. The van der Waals surface area contributed by atoms with E-state index < -0.39 is 32.1 Å². The molecule has 0 N–H and O–H groups in total. The number of nitrogens with zero attached hydrogens (tertiary/aromatic N) is 2. The van der Waals surface area contributed by atoms with Crippen LogP contribution in [0.1, 0.15) is 17.3 Å². The fraction of sp³-hybridized carbons (Fsp3) is 0.500. The first-order chi connectivity index (χ1) is 8.07. The van der Waals surface area contributed by atoms with Gasteiger partial charge in [0.25, 0.3) is 5.56 Å². The molecule has 100 valence electrons. The van der Waals surface area contributed by atoms with Crippen molar-refractivity contribution in [3.63, 3.8) is 0 Å². The van der Waals surface area contributed by atoms with Gasteiger partial charge < -0.3 is 4.57 Å². The van der Waals surface area contributed by atoms with Crippen LogP contribution < -0.4 is 11.2 Å². The summed E-state index contributed by atoms with van der Waals surface area (Å²) in [6.07, 6.45) is 1.98. The Kier molecular flexibility index (Phi) is 3.61. The number of Topliss-reactive ketones (excluding diaryl/α,β-unsaturated/α-hetero) is 1. The average Bonchev–Trinajstić information content (AvgIpc) is 2.28. The third kappa shape index (κ3) is 2.42. The molecule has 1 unspecified atom stereocenters. The Morgan fingerprint density at radius 3 is 2.22 bits per heavy atom. The summed E-state index contributed by atoms with van der Waals surface area (Å²) in [6.45, 7) is 1.21. The van der Waals surface area contributed by atoms with Crippen molar-refractivity contribution in [1.82, 2.24) is 9.13 Å². The normalized spacial score (nSPS) is 13.3. The highest BCUT2D eigenvalue weighted by Gasteiger charge is 2.27. The van der Waals surface area contributed by atoms with Crippen LogP contribution in [-0.2, 0) is 23.9 Å². The van der Waals surface area contributed by atoms with Crippen molar-refractivity contribution in [3.8, 4) is 0 Å². The van der Waals surface area contributed by atoms with Crippen LogP contribution in [0.2, 0.25) is 0 Å². The minimum Gasteiger partial charge on any atom is -0.303 e. The predicted molar refractivity (Wildman–Crippen MR) is 65.6 cm³/mol. The quantitative estimate of drug-likeness (QED) is 0.638. The van der Waals surface area contributed by atoms with Gasteiger partial charge in [0.05, 0.1) is 0 Å². The van der Waals surface area contributed by atoms with E-state index in [0.29, 0.717) is 0 Å². The molecule has 0 aromatic carbocycles. The van der Waals surface area contributed by atoms with E-state index in [-0.39, 0.29) is 5.56 Å². The standard InChI is InChI=1S/C10H14N2O5S/c1-6(18(4,16)17)8(13)7-5-11(2)10(15)12(3)9(7)14/h5-6H,1-4H3. The van der Waals surface area contributed by atoms with E-state index in [1.54, 1.807) is 0 Å². The molecule has 1 aromatic heterocycles. The van der Waals surface area contributed by atoms with Gasteiger partial charge in [0.1, 0.15) is 10.8 Å². The number of carbonyl (C=O) groups excluding carboxylic acids is 1. The van der Waals surface area contributed by atoms with Crippen LogP contribution in [0.15, 0.2) is 15.8 Å².